The Labute approximate surface area is 194 Å². The average Bonchev–Trinajstić information content (AvgIpc) is 2.78. The van der Waals surface area contributed by atoms with Gasteiger partial charge in [-0.1, -0.05) is 12.1 Å². The van der Waals surface area contributed by atoms with Crippen molar-refractivity contribution in [1.82, 2.24) is 5.32 Å². The highest BCUT2D eigenvalue weighted by atomic mass is 19.4. The van der Waals surface area contributed by atoms with Crippen molar-refractivity contribution in [2.75, 3.05) is 23.3 Å². The highest BCUT2D eigenvalue weighted by molar-refractivity contribution is 6.04. The second kappa shape index (κ2) is 10.1. The van der Waals surface area contributed by atoms with Crippen LogP contribution in [0.15, 0.2) is 42.5 Å². The molecule has 2 N–H and O–H groups in total. The molecule has 1 heterocycles. The minimum Gasteiger partial charge on any atom is -0.366 e. The summed E-state index contributed by atoms with van der Waals surface area (Å²) in [6, 6.07) is 9.02. The number of carbonyl (C=O) groups is 2. The fraction of sp³-hybridized carbons (Fsp3) is 0.391. The Morgan fingerprint density at radius 3 is 2.35 bits per heavy atom. The number of amides is 2. The molecular formula is C23H25F3N4O4. The van der Waals surface area contributed by atoms with Gasteiger partial charge in [-0.3, -0.25) is 19.7 Å². The van der Waals surface area contributed by atoms with Gasteiger partial charge >= 0.3 is 6.18 Å². The fourth-order valence-electron chi connectivity index (χ4n) is 3.86. The lowest BCUT2D eigenvalue weighted by Gasteiger charge is -2.32. The maximum Gasteiger partial charge on any atom is 0.416 e. The number of hydrogen-bond acceptors (Lipinski definition) is 5. The number of nitro groups is 1. The summed E-state index contributed by atoms with van der Waals surface area (Å²) in [7, 11) is 0. The third kappa shape index (κ3) is 5.83. The van der Waals surface area contributed by atoms with E-state index < -0.39 is 28.3 Å². The van der Waals surface area contributed by atoms with Crippen molar-refractivity contribution >= 4 is 28.9 Å². The van der Waals surface area contributed by atoms with Crippen molar-refractivity contribution in [2.45, 2.75) is 38.9 Å². The maximum atomic E-state index is 13.0. The largest absolute Gasteiger partial charge is 0.416 e. The summed E-state index contributed by atoms with van der Waals surface area (Å²) >= 11 is 0. The van der Waals surface area contributed by atoms with E-state index in [1.165, 1.54) is 0 Å². The summed E-state index contributed by atoms with van der Waals surface area (Å²) in [5, 5.41) is 17.0. The predicted molar refractivity (Wildman–Crippen MR) is 121 cm³/mol. The van der Waals surface area contributed by atoms with Crippen molar-refractivity contribution in [3.8, 4) is 0 Å². The van der Waals surface area contributed by atoms with E-state index in [0.717, 1.165) is 12.1 Å². The molecule has 2 aromatic rings. The maximum absolute atomic E-state index is 13.0. The second-order valence-corrected chi connectivity index (χ2v) is 8.38. The van der Waals surface area contributed by atoms with Gasteiger partial charge in [0.15, 0.2) is 0 Å². The summed E-state index contributed by atoms with van der Waals surface area (Å²) in [5.41, 5.74) is -0.901. The molecule has 3 rings (SSSR count). The van der Waals surface area contributed by atoms with Gasteiger partial charge < -0.3 is 15.5 Å². The van der Waals surface area contributed by atoms with Crippen LogP contribution in [0.2, 0.25) is 0 Å². The highest BCUT2D eigenvalue weighted by Crippen LogP contribution is 2.37. The molecule has 11 heteroatoms. The Balaban J connectivity index is 1.69. The van der Waals surface area contributed by atoms with Crippen LogP contribution in [0.25, 0.3) is 0 Å². The summed E-state index contributed by atoms with van der Waals surface area (Å²) in [6.45, 7) is 4.18. The molecule has 0 bridgehead atoms. The molecule has 182 valence electrons. The van der Waals surface area contributed by atoms with Gasteiger partial charge in [-0.15, -0.1) is 0 Å². The summed E-state index contributed by atoms with van der Waals surface area (Å²) < 4.78 is 38.9. The first kappa shape index (κ1) is 25.0. The summed E-state index contributed by atoms with van der Waals surface area (Å²) in [4.78, 5) is 37.4. The monoisotopic (exact) mass is 478 g/mol. The van der Waals surface area contributed by atoms with Gasteiger partial charge in [0.25, 0.3) is 11.6 Å². The van der Waals surface area contributed by atoms with Crippen LogP contribution in [0.4, 0.5) is 30.2 Å². The lowest BCUT2D eigenvalue weighted by Crippen LogP contribution is -2.38. The molecule has 0 spiro atoms. The molecule has 1 aliphatic rings. The van der Waals surface area contributed by atoms with Crippen LogP contribution in [0.3, 0.4) is 0 Å². The Morgan fingerprint density at radius 2 is 1.76 bits per heavy atom. The van der Waals surface area contributed by atoms with Crippen molar-refractivity contribution in [2.24, 2.45) is 5.92 Å². The van der Waals surface area contributed by atoms with Gasteiger partial charge in [-0.05, 0) is 51.0 Å². The van der Waals surface area contributed by atoms with Crippen LogP contribution in [-0.4, -0.2) is 35.9 Å². The van der Waals surface area contributed by atoms with Crippen LogP contribution in [0.1, 0.15) is 42.6 Å². The topological polar surface area (TPSA) is 105 Å². The van der Waals surface area contributed by atoms with E-state index in [9.17, 15) is 32.9 Å². The first-order valence-electron chi connectivity index (χ1n) is 10.8. The minimum absolute atomic E-state index is 0.0742. The van der Waals surface area contributed by atoms with Crippen molar-refractivity contribution in [3.63, 3.8) is 0 Å². The fourth-order valence-corrected chi connectivity index (χ4v) is 3.86. The quantitative estimate of drug-likeness (QED) is 0.466. The summed E-state index contributed by atoms with van der Waals surface area (Å²) in [5.74, 6) is -1.01. The molecule has 0 unspecified atom stereocenters. The average molecular weight is 478 g/mol. The van der Waals surface area contributed by atoms with Gasteiger partial charge in [0.05, 0.1) is 21.7 Å². The van der Waals surface area contributed by atoms with E-state index in [4.69, 9.17) is 0 Å². The Morgan fingerprint density at radius 1 is 1.12 bits per heavy atom. The molecule has 2 aromatic carbocycles. The zero-order valence-electron chi connectivity index (χ0n) is 18.7. The zero-order valence-corrected chi connectivity index (χ0v) is 18.7. The number of para-hydroxylation sites is 1. The number of hydrogen-bond donors (Lipinski definition) is 2. The van der Waals surface area contributed by atoms with E-state index >= 15 is 0 Å². The van der Waals surface area contributed by atoms with Gasteiger partial charge in [-0.25, -0.2) is 0 Å². The smallest absolute Gasteiger partial charge is 0.366 e. The normalized spacial score (nSPS) is 14.7. The number of carbonyl (C=O) groups excluding carboxylic acids is 2. The van der Waals surface area contributed by atoms with Crippen molar-refractivity contribution < 1.29 is 27.7 Å². The Bertz CT molecular complexity index is 1080. The number of nitro benzene ring substituents is 1. The van der Waals surface area contributed by atoms with Crippen LogP contribution in [0.5, 0.6) is 0 Å². The molecule has 0 atom stereocenters. The number of halogens is 3. The van der Waals surface area contributed by atoms with Gasteiger partial charge in [0, 0.05) is 31.1 Å². The molecule has 1 aliphatic heterocycles. The first-order valence-corrected chi connectivity index (χ1v) is 10.8. The van der Waals surface area contributed by atoms with Gasteiger partial charge in [0.1, 0.15) is 5.69 Å². The summed E-state index contributed by atoms with van der Waals surface area (Å²) in [6.07, 6.45) is -3.98. The van der Waals surface area contributed by atoms with Gasteiger partial charge in [0.2, 0.25) is 5.91 Å². The van der Waals surface area contributed by atoms with Crippen LogP contribution < -0.4 is 15.5 Å². The molecule has 2 amide bonds. The molecule has 1 saturated heterocycles. The van der Waals surface area contributed by atoms with Crippen LogP contribution in [-0.2, 0) is 11.0 Å². The molecule has 1 fully saturated rings. The van der Waals surface area contributed by atoms with E-state index in [-0.39, 0.29) is 36.6 Å². The molecule has 0 saturated carbocycles. The number of benzene rings is 2. The number of rotatable bonds is 6. The third-order valence-electron chi connectivity index (χ3n) is 5.56. The SMILES string of the molecule is CC(C)NC(=O)c1ccccc1NC(=O)C1CCN(c2ccc(C(F)(F)F)cc2[N+](=O)[O-])CC1. The van der Waals surface area contributed by atoms with Crippen LogP contribution >= 0.6 is 0 Å². The Kier molecular flexibility index (Phi) is 7.43. The molecule has 34 heavy (non-hydrogen) atoms. The second-order valence-electron chi connectivity index (χ2n) is 8.38. The van der Waals surface area contributed by atoms with Crippen LogP contribution in [0, 0.1) is 16.0 Å². The molecule has 0 aromatic heterocycles. The lowest BCUT2D eigenvalue weighted by atomic mass is 9.95. The van der Waals surface area contributed by atoms with Gasteiger partial charge in [-0.2, -0.15) is 13.2 Å². The first-order chi connectivity index (χ1) is 16.0. The number of piperidine rings is 1. The number of alkyl halides is 3. The predicted octanol–water partition coefficient (Wildman–Crippen LogP) is 4.61. The van der Waals surface area contributed by atoms with E-state index in [1.807, 2.05) is 13.8 Å². The molecule has 0 aliphatic carbocycles. The van der Waals surface area contributed by atoms with E-state index in [1.54, 1.807) is 29.2 Å². The standard InChI is InChI=1S/C23H25F3N4O4/c1-14(2)27-22(32)17-5-3-4-6-18(17)28-21(31)15-9-11-29(12-10-15)19-8-7-16(23(24,25)26)13-20(19)30(33)34/h3-8,13-15H,9-12H2,1-2H3,(H,27,32)(H,28,31). The highest BCUT2D eigenvalue weighted by Gasteiger charge is 2.35. The van der Waals surface area contributed by atoms with Crippen molar-refractivity contribution in [1.29, 1.82) is 0 Å². The third-order valence-corrected chi connectivity index (χ3v) is 5.56. The zero-order chi connectivity index (χ0) is 25.0. The molecular weight excluding hydrogens is 453 g/mol. The van der Waals surface area contributed by atoms with E-state index in [2.05, 4.69) is 10.6 Å². The Hall–Kier alpha value is -3.63. The lowest BCUT2D eigenvalue weighted by molar-refractivity contribution is -0.384. The molecule has 8 nitrogen and oxygen atoms in total. The van der Waals surface area contributed by atoms with E-state index in [0.29, 0.717) is 30.2 Å². The number of nitrogens with zero attached hydrogens (tertiary/aromatic N) is 2. The van der Waals surface area contributed by atoms with Crippen molar-refractivity contribution in [3.05, 3.63) is 63.7 Å². The number of anilines is 2. The minimum atomic E-state index is -4.68. The number of nitrogens with one attached hydrogen (secondary N) is 2. The molecule has 0 radical (unpaired) electrons.